The minimum absolute atomic E-state index is 0.0836. The second kappa shape index (κ2) is 9.26. The van der Waals surface area contributed by atoms with Crippen LogP contribution in [0.5, 0.6) is 5.75 Å². The first kappa shape index (κ1) is 20.3. The number of para-hydroxylation sites is 1. The normalized spacial score (nSPS) is 16.6. The Bertz CT molecular complexity index is 1010. The summed E-state index contributed by atoms with van der Waals surface area (Å²) in [5.41, 5.74) is 5.45. The zero-order valence-electron chi connectivity index (χ0n) is 16.6. The number of hydrazine groups is 1. The van der Waals surface area contributed by atoms with Gasteiger partial charge < -0.3 is 19.1 Å². The predicted octanol–water partition coefficient (Wildman–Crippen LogP) is 1.63. The highest BCUT2D eigenvalue weighted by atomic mass is 16.6. The average molecular weight is 427 g/mol. The Hall–Kier alpha value is -3.93. The number of aliphatic hydroxyl groups excluding tert-OH is 1. The fourth-order valence-electron chi connectivity index (χ4n) is 2.89. The second-order valence-corrected chi connectivity index (χ2v) is 6.67. The molecule has 12 heteroatoms. The number of carbonyl (C=O) groups is 1. The number of amides is 1. The molecule has 3 aromatic rings. The number of aromatic nitrogens is 4. The van der Waals surface area contributed by atoms with Gasteiger partial charge in [0.05, 0.1) is 12.7 Å². The number of hydrogen-bond acceptors (Lipinski definition) is 11. The van der Waals surface area contributed by atoms with Gasteiger partial charge in [0, 0.05) is 12.6 Å². The van der Waals surface area contributed by atoms with Gasteiger partial charge in [-0.05, 0) is 25.1 Å². The fourth-order valence-corrected chi connectivity index (χ4v) is 2.89. The van der Waals surface area contributed by atoms with Gasteiger partial charge in [0.15, 0.2) is 5.82 Å². The van der Waals surface area contributed by atoms with Gasteiger partial charge in [-0.2, -0.15) is 9.97 Å². The summed E-state index contributed by atoms with van der Waals surface area (Å²) in [6.45, 7) is 2.07. The molecule has 12 nitrogen and oxygen atoms in total. The molecule has 1 aliphatic rings. The van der Waals surface area contributed by atoms with E-state index in [4.69, 9.17) is 14.0 Å². The summed E-state index contributed by atoms with van der Waals surface area (Å²) in [6.07, 6.45) is 0.572. The lowest BCUT2D eigenvalue weighted by atomic mass is 10.2. The molecule has 1 saturated heterocycles. The maximum Gasteiger partial charge on any atom is 0.416 e. The van der Waals surface area contributed by atoms with Gasteiger partial charge in [-0.3, -0.25) is 10.3 Å². The van der Waals surface area contributed by atoms with Gasteiger partial charge in [0.25, 0.3) is 0 Å². The van der Waals surface area contributed by atoms with E-state index in [-0.39, 0.29) is 24.4 Å². The van der Waals surface area contributed by atoms with Crippen molar-refractivity contribution in [2.75, 3.05) is 29.0 Å². The van der Waals surface area contributed by atoms with Gasteiger partial charge >= 0.3 is 12.1 Å². The number of nitrogens with one attached hydrogen (secondary N) is 2. The van der Waals surface area contributed by atoms with Crippen molar-refractivity contribution >= 4 is 23.9 Å². The molecule has 31 heavy (non-hydrogen) atoms. The Kier molecular flexibility index (Phi) is 6.08. The highest BCUT2D eigenvalue weighted by molar-refractivity contribution is 5.89. The third-order valence-corrected chi connectivity index (χ3v) is 4.44. The number of hydrogen-bond donors (Lipinski definition) is 3. The first-order valence-electron chi connectivity index (χ1n) is 9.60. The molecule has 3 N–H and O–H groups in total. The maximum absolute atomic E-state index is 12.0. The zero-order valence-corrected chi connectivity index (χ0v) is 16.6. The highest BCUT2D eigenvalue weighted by Gasteiger charge is 2.38. The van der Waals surface area contributed by atoms with E-state index in [0.29, 0.717) is 18.9 Å². The van der Waals surface area contributed by atoms with Crippen LogP contribution >= 0.6 is 0 Å². The molecule has 1 aromatic carbocycles. The van der Waals surface area contributed by atoms with Crippen molar-refractivity contribution in [2.45, 2.75) is 25.5 Å². The smallest absolute Gasteiger partial charge is 0.416 e. The summed E-state index contributed by atoms with van der Waals surface area (Å²) < 4.78 is 15.7. The zero-order chi connectivity index (χ0) is 21.6. The van der Waals surface area contributed by atoms with E-state index < -0.39 is 18.2 Å². The van der Waals surface area contributed by atoms with E-state index in [2.05, 4.69) is 31.0 Å². The first-order valence-corrected chi connectivity index (χ1v) is 9.60. The van der Waals surface area contributed by atoms with Crippen molar-refractivity contribution in [3.05, 3.63) is 48.4 Å². The molecule has 162 valence electrons. The molecule has 0 spiro atoms. The number of anilines is 3. The Labute approximate surface area is 177 Å². The molecule has 0 radical (unpaired) electrons. The predicted molar refractivity (Wildman–Crippen MR) is 109 cm³/mol. The number of carbonyl (C=O) groups excluding carboxylic acids is 1. The molecule has 0 unspecified atom stereocenters. The number of ether oxygens (including phenoxy) is 2. The third kappa shape index (κ3) is 4.98. The van der Waals surface area contributed by atoms with Crippen molar-refractivity contribution in [2.24, 2.45) is 0 Å². The summed E-state index contributed by atoms with van der Waals surface area (Å²) >= 11 is 0. The summed E-state index contributed by atoms with van der Waals surface area (Å²) in [4.78, 5) is 25.8. The minimum Gasteiger partial charge on any atom is -0.493 e. The van der Waals surface area contributed by atoms with Crippen LogP contribution in [0.15, 0.2) is 47.1 Å². The Morgan fingerprint density at radius 2 is 2.10 bits per heavy atom. The van der Waals surface area contributed by atoms with Crippen LogP contribution in [0.2, 0.25) is 0 Å². The van der Waals surface area contributed by atoms with Gasteiger partial charge in [0.2, 0.25) is 5.95 Å². The van der Waals surface area contributed by atoms with Crippen LogP contribution in [0, 0.1) is 0 Å². The summed E-state index contributed by atoms with van der Waals surface area (Å²) in [7, 11) is 0. The van der Waals surface area contributed by atoms with Crippen LogP contribution in [0.1, 0.15) is 12.7 Å². The van der Waals surface area contributed by atoms with Crippen molar-refractivity contribution in [3.63, 3.8) is 0 Å². The molecular formula is C19H21N7O5. The largest absolute Gasteiger partial charge is 0.493 e. The monoisotopic (exact) mass is 427 g/mol. The second-order valence-electron chi connectivity index (χ2n) is 6.67. The first-order chi connectivity index (χ1) is 15.1. The minimum atomic E-state index is -0.779. The molecular weight excluding hydrogens is 406 g/mol. The Balaban J connectivity index is 1.32. The molecule has 4 rings (SSSR count). The fraction of sp³-hybridized carbons (Fsp3) is 0.316. The summed E-state index contributed by atoms with van der Waals surface area (Å²) in [6, 6.07) is 10.6. The van der Waals surface area contributed by atoms with Gasteiger partial charge in [-0.25, -0.2) is 15.2 Å². The van der Waals surface area contributed by atoms with Crippen LogP contribution in [0.4, 0.5) is 22.6 Å². The van der Waals surface area contributed by atoms with Gasteiger partial charge in [-0.15, -0.1) is 0 Å². The van der Waals surface area contributed by atoms with E-state index in [9.17, 15) is 9.90 Å². The maximum atomic E-state index is 12.0. The van der Waals surface area contributed by atoms with E-state index >= 15 is 0 Å². The van der Waals surface area contributed by atoms with Crippen LogP contribution in [0.25, 0.3) is 0 Å². The molecule has 0 saturated carbocycles. The topological polar surface area (TPSA) is 148 Å². The van der Waals surface area contributed by atoms with Crippen LogP contribution in [0.3, 0.4) is 0 Å². The highest BCUT2D eigenvalue weighted by Crippen LogP contribution is 2.23. The quantitative estimate of drug-likeness (QED) is 0.428. The van der Waals surface area contributed by atoms with Gasteiger partial charge in [-0.1, -0.05) is 23.4 Å². The van der Waals surface area contributed by atoms with Crippen molar-refractivity contribution in [1.82, 2.24) is 20.1 Å². The molecule has 3 heterocycles. The molecule has 1 fully saturated rings. The average Bonchev–Trinajstić information content (AvgIpc) is 3.40. The van der Waals surface area contributed by atoms with Crippen molar-refractivity contribution in [3.8, 4) is 5.75 Å². The molecule has 1 amide bonds. The molecule has 2 aromatic heterocycles. The Morgan fingerprint density at radius 3 is 2.90 bits per heavy atom. The number of cyclic esters (lactones) is 1. The van der Waals surface area contributed by atoms with Gasteiger partial charge in [0.1, 0.15) is 24.2 Å². The standard InChI is InChI=1S/C19H21N7O5/c1-12(27)14-11-30-19(28)26(14)16-7-9-20-17(22-16)23-24-18-21-15(25-31-18)8-10-29-13-5-3-2-4-6-13/h2-7,9,12,14,27H,8,10-11H2,1H3,(H,20,22,23)(H,21,24,25)/t12-,14-/m1/s1. The SMILES string of the molecule is C[C@@H](O)[C@H]1COC(=O)N1c1ccnc(NNc2nc(CCOc3ccccc3)no2)n1. The van der Waals surface area contributed by atoms with Crippen molar-refractivity contribution in [1.29, 1.82) is 0 Å². The van der Waals surface area contributed by atoms with E-state index in [1.807, 2.05) is 30.3 Å². The number of aliphatic hydroxyl groups is 1. The molecule has 1 aliphatic heterocycles. The van der Waals surface area contributed by atoms with Crippen LogP contribution in [-0.2, 0) is 11.2 Å². The lowest BCUT2D eigenvalue weighted by Gasteiger charge is -2.22. The summed E-state index contributed by atoms with van der Waals surface area (Å²) in [5.74, 6) is 1.68. The number of nitrogens with zero attached hydrogens (tertiary/aromatic N) is 5. The molecule has 0 aliphatic carbocycles. The van der Waals surface area contributed by atoms with Crippen LogP contribution in [-0.4, -0.2) is 56.7 Å². The van der Waals surface area contributed by atoms with E-state index in [0.717, 1.165) is 5.75 Å². The third-order valence-electron chi connectivity index (χ3n) is 4.44. The Morgan fingerprint density at radius 1 is 1.26 bits per heavy atom. The lowest BCUT2D eigenvalue weighted by Crippen LogP contribution is -2.41. The number of rotatable bonds is 9. The van der Waals surface area contributed by atoms with Crippen molar-refractivity contribution < 1.29 is 23.9 Å². The van der Waals surface area contributed by atoms with E-state index in [1.165, 1.54) is 11.1 Å². The number of benzene rings is 1. The summed E-state index contributed by atoms with van der Waals surface area (Å²) in [5, 5.41) is 13.7. The van der Waals surface area contributed by atoms with Crippen LogP contribution < -0.4 is 20.5 Å². The lowest BCUT2D eigenvalue weighted by molar-refractivity contribution is 0.142. The van der Waals surface area contributed by atoms with E-state index in [1.54, 1.807) is 13.0 Å². The molecule has 2 atom stereocenters. The molecule has 0 bridgehead atoms.